The normalized spacial score (nSPS) is 21.6. The van der Waals surface area contributed by atoms with Gasteiger partial charge in [-0.1, -0.05) is 11.6 Å². The van der Waals surface area contributed by atoms with E-state index in [1.807, 2.05) is 0 Å². The van der Waals surface area contributed by atoms with Crippen molar-refractivity contribution in [1.82, 2.24) is 5.32 Å². The fraction of sp³-hybridized carbons (Fsp3) is 0.400. The molecule has 1 saturated heterocycles. The maximum atomic E-state index is 13.1. The molecule has 1 heterocycles. The van der Waals surface area contributed by atoms with Gasteiger partial charge in [0.1, 0.15) is 11.6 Å². The van der Waals surface area contributed by atoms with Crippen LogP contribution in [-0.2, 0) is 4.74 Å². The van der Waals surface area contributed by atoms with E-state index in [4.69, 9.17) is 16.3 Å². The molecule has 2 N–H and O–H groups in total. The molecule has 1 unspecified atom stereocenters. The molecule has 0 amide bonds. The SMILES string of the molecule is Oc1c(Cl)cc(F)cc1C1COCCN1. The number of phenols is 1. The Morgan fingerprint density at radius 2 is 2.33 bits per heavy atom. The van der Waals surface area contributed by atoms with Gasteiger partial charge in [0.2, 0.25) is 0 Å². The highest BCUT2D eigenvalue weighted by atomic mass is 35.5. The van der Waals surface area contributed by atoms with Gasteiger partial charge in [-0.3, -0.25) is 0 Å². The molecular weight excluding hydrogens is 221 g/mol. The summed E-state index contributed by atoms with van der Waals surface area (Å²) in [5.74, 6) is -0.541. The molecule has 1 atom stereocenters. The third kappa shape index (κ3) is 2.22. The van der Waals surface area contributed by atoms with Crippen LogP contribution in [0.2, 0.25) is 5.02 Å². The highest BCUT2D eigenvalue weighted by Gasteiger charge is 2.20. The van der Waals surface area contributed by atoms with Crippen molar-refractivity contribution in [3.8, 4) is 5.75 Å². The van der Waals surface area contributed by atoms with Gasteiger partial charge in [0.25, 0.3) is 0 Å². The summed E-state index contributed by atoms with van der Waals surface area (Å²) in [6, 6.07) is 2.16. The van der Waals surface area contributed by atoms with Crippen molar-refractivity contribution in [3.63, 3.8) is 0 Å². The Hall–Kier alpha value is -0.840. The first kappa shape index (κ1) is 10.7. The third-order valence-electron chi connectivity index (χ3n) is 2.35. The first-order chi connectivity index (χ1) is 7.18. The molecule has 3 nitrogen and oxygen atoms in total. The van der Waals surface area contributed by atoms with Crippen molar-refractivity contribution in [3.05, 3.63) is 28.5 Å². The molecule has 1 fully saturated rings. The van der Waals surface area contributed by atoms with Crippen LogP contribution < -0.4 is 5.32 Å². The molecule has 2 rings (SSSR count). The lowest BCUT2D eigenvalue weighted by molar-refractivity contribution is 0.0760. The van der Waals surface area contributed by atoms with E-state index < -0.39 is 5.82 Å². The number of hydrogen-bond donors (Lipinski definition) is 2. The number of nitrogens with one attached hydrogen (secondary N) is 1. The zero-order valence-corrected chi connectivity index (χ0v) is 8.72. The van der Waals surface area contributed by atoms with Crippen LogP contribution in [0, 0.1) is 5.82 Å². The smallest absolute Gasteiger partial charge is 0.139 e. The molecule has 0 spiro atoms. The van der Waals surface area contributed by atoms with E-state index >= 15 is 0 Å². The Morgan fingerprint density at radius 1 is 1.53 bits per heavy atom. The minimum atomic E-state index is -0.458. The molecule has 0 bridgehead atoms. The van der Waals surface area contributed by atoms with Crippen molar-refractivity contribution in [2.45, 2.75) is 6.04 Å². The van der Waals surface area contributed by atoms with E-state index in [1.165, 1.54) is 6.07 Å². The molecule has 1 aliphatic rings. The van der Waals surface area contributed by atoms with Gasteiger partial charge in [-0.15, -0.1) is 0 Å². The predicted octanol–water partition coefficient (Wildman–Crippen LogP) is 1.85. The minimum absolute atomic E-state index is 0.0253. The minimum Gasteiger partial charge on any atom is -0.506 e. The molecule has 1 aliphatic heterocycles. The highest BCUT2D eigenvalue weighted by Crippen LogP contribution is 2.33. The lowest BCUT2D eigenvalue weighted by atomic mass is 10.1. The molecule has 5 heteroatoms. The Bertz CT molecular complexity index is 367. The van der Waals surface area contributed by atoms with Gasteiger partial charge in [0.15, 0.2) is 0 Å². The number of aromatic hydroxyl groups is 1. The van der Waals surface area contributed by atoms with E-state index in [0.717, 1.165) is 6.07 Å². The zero-order valence-electron chi connectivity index (χ0n) is 7.96. The highest BCUT2D eigenvalue weighted by molar-refractivity contribution is 6.32. The summed E-state index contributed by atoms with van der Waals surface area (Å²) in [4.78, 5) is 0. The molecule has 0 saturated carbocycles. The second-order valence-electron chi connectivity index (χ2n) is 3.41. The van der Waals surface area contributed by atoms with Crippen LogP contribution in [-0.4, -0.2) is 24.9 Å². The van der Waals surface area contributed by atoms with Gasteiger partial charge in [0, 0.05) is 12.1 Å². The fourth-order valence-electron chi connectivity index (χ4n) is 1.62. The maximum Gasteiger partial charge on any atom is 0.139 e. The predicted molar refractivity (Wildman–Crippen MR) is 54.6 cm³/mol. The van der Waals surface area contributed by atoms with Crippen LogP contribution in [0.4, 0.5) is 4.39 Å². The standard InChI is InChI=1S/C10H11ClFNO2/c11-8-4-6(12)3-7(10(8)14)9-5-15-2-1-13-9/h3-4,9,13-14H,1-2,5H2. The summed E-state index contributed by atoms with van der Waals surface area (Å²) in [5, 5.41) is 12.8. The van der Waals surface area contributed by atoms with Crippen molar-refractivity contribution in [2.24, 2.45) is 0 Å². The Morgan fingerprint density at radius 3 is 3.00 bits per heavy atom. The zero-order chi connectivity index (χ0) is 10.8. The van der Waals surface area contributed by atoms with Gasteiger partial charge < -0.3 is 15.2 Å². The maximum absolute atomic E-state index is 13.1. The number of rotatable bonds is 1. The van der Waals surface area contributed by atoms with Crippen LogP contribution in [0.15, 0.2) is 12.1 Å². The molecule has 1 aromatic carbocycles. The number of hydrogen-bond acceptors (Lipinski definition) is 3. The van der Waals surface area contributed by atoms with E-state index in [1.54, 1.807) is 0 Å². The Balaban J connectivity index is 2.33. The van der Waals surface area contributed by atoms with Crippen LogP contribution in [0.5, 0.6) is 5.75 Å². The molecule has 0 aromatic heterocycles. The number of ether oxygens (including phenoxy) is 1. The summed E-state index contributed by atoms with van der Waals surface area (Å²) in [5.41, 5.74) is 0.444. The van der Waals surface area contributed by atoms with Crippen molar-refractivity contribution < 1.29 is 14.2 Å². The van der Waals surface area contributed by atoms with E-state index in [2.05, 4.69) is 5.32 Å². The summed E-state index contributed by atoms with van der Waals surface area (Å²) in [7, 11) is 0. The van der Waals surface area contributed by atoms with Gasteiger partial charge in [-0.25, -0.2) is 4.39 Å². The average Bonchev–Trinajstić information content (AvgIpc) is 2.24. The van der Waals surface area contributed by atoms with Gasteiger partial charge in [0.05, 0.1) is 24.3 Å². The average molecular weight is 232 g/mol. The van der Waals surface area contributed by atoms with E-state index in [9.17, 15) is 9.50 Å². The number of halogens is 2. The summed E-state index contributed by atoms with van der Waals surface area (Å²) >= 11 is 5.68. The summed E-state index contributed by atoms with van der Waals surface area (Å²) in [6.45, 7) is 1.71. The van der Waals surface area contributed by atoms with E-state index in [-0.39, 0.29) is 16.8 Å². The summed E-state index contributed by atoms with van der Waals surface area (Å²) in [6.07, 6.45) is 0. The number of morpholine rings is 1. The van der Waals surface area contributed by atoms with Crippen molar-refractivity contribution in [2.75, 3.05) is 19.8 Å². The Labute approximate surface area is 91.8 Å². The Kier molecular flexibility index (Phi) is 3.09. The number of phenolic OH excluding ortho intramolecular Hbond substituents is 1. The quantitative estimate of drug-likeness (QED) is 0.775. The first-order valence-electron chi connectivity index (χ1n) is 4.67. The third-order valence-corrected chi connectivity index (χ3v) is 2.64. The fourth-order valence-corrected chi connectivity index (χ4v) is 1.83. The van der Waals surface area contributed by atoms with Gasteiger partial charge >= 0.3 is 0 Å². The van der Waals surface area contributed by atoms with Gasteiger partial charge in [-0.05, 0) is 12.1 Å². The molecular formula is C10H11ClFNO2. The largest absolute Gasteiger partial charge is 0.506 e. The topological polar surface area (TPSA) is 41.5 Å². The molecule has 0 radical (unpaired) electrons. The van der Waals surface area contributed by atoms with E-state index in [0.29, 0.717) is 25.3 Å². The van der Waals surface area contributed by atoms with Crippen LogP contribution in [0.3, 0.4) is 0 Å². The van der Waals surface area contributed by atoms with Crippen molar-refractivity contribution in [1.29, 1.82) is 0 Å². The van der Waals surface area contributed by atoms with Crippen LogP contribution >= 0.6 is 11.6 Å². The number of benzene rings is 1. The molecule has 0 aliphatic carbocycles. The monoisotopic (exact) mass is 231 g/mol. The van der Waals surface area contributed by atoms with Crippen molar-refractivity contribution >= 4 is 11.6 Å². The molecule has 1 aromatic rings. The first-order valence-corrected chi connectivity index (χ1v) is 5.05. The summed E-state index contributed by atoms with van der Waals surface area (Å²) < 4.78 is 18.3. The second-order valence-corrected chi connectivity index (χ2v) is 3.81. The lowest BCUT2D eigenvalue weighted by Gasteiger charge is -2.25. The lowest BCUT2D eigenvalue weighted by Crippen LogP contribution is -2.34. The van der Waals surface area contributed by atoms with Crippen LogP contribution in [0.1, 0.15) is 11.6 Å². The molecule has 82 valence electrons. The second kappa shape index (κ2) is 4.35. The molecule has 15 heavy (non-hydrogen) atoms. The van der Waals surface area contributed by atoms with Crippen LogP contribution in [0.25, 0.3) is 0 Å². The van der Waals surface area contributed by atoms with Gasteiger partial charge in [-0.2, -0.15) is 0 Å².